The third-order valence-electron chi connectivity index (χ3n) is 5.62. The molecule has 32 heavy (non-hydrogen) atoms. The van der Waals surface area contributed by atoms with Gasteiger partial charge in [-0.2, -0.15) is 0 Å². The van der Waals surface area contributed by atoms with Gasteiger partial charge in [0.15, 0.2) is 0 Å². The molecule has 5 nitrogen and oxygen atoms in total. The third kappa shape index (κ3) is 5.18. The lowest BCUT2D eigenvalue weighted by Crippen LogP contribution is -2.43. The molecule has 3 aromatic rings. The first-order valence-electron chi connectivity index (χ1n) is 10.8. The number of anilines is 1. The molecule has 1 aliphatic rings. The first-order valence-corrected chi connectivity index (χ1v) is 11.2. The van der Waals surface area contributed by atoms with E-state index in [1.54, 1.807) is 6.20 Å². The Hall–Kier alpha value is -3.15. The van der Waals surface area contributed by atoms with Crippen molar-refractivity contribution in [2.75, 3.05) is 31.1 Å². The van der Waals surface area contributed by atoms with Crippen LogP contribution in [-0.4, -0.2) is 36.1 Å². The standard InChI is InChI=1S/C26H28ClN5/c1-19(26-23-7-4-3-6-21(23)11-13-30-26)24(27)8-5-12-29-18-22-9-10-25(31-20(22)2)32-16-14-28-15-17-32/h3-13,28-29H,1,14-18H2,2H3/b12-5+,24-8+. The van der Waals surface area contributed by atoms with Gasteiger partial charge < -0.3 is 15.5 Å². The molecule has 0 saturated carbocycles. The Morgan fingerprint density at radius 2 is 2.00 bits per heavy atom. The van der Waals surface area contributed by atoms with Crippen LogP contribution < -0.4 is 15.5 Å². The molecule has 3 heterocycles. The lowest BCUT2D eigenvalue weighted by atomic mass is 10.0. The number of benzene rings is 1. The zero-order valence-electron chi connectivity index (χ0n) is 18.3. The summed E-state index contributed by atoms with van der Waals surface area (Å²) in [5, 5.41) is 9.41. The van der Waals surface area contributed by atoms with Gasteiger partial charge in [-0.05, 0) is 48.4 Å². The van der Waals surface area contributed by atoms with Crippen LogP contribution in [0.2, 0.25) is 0 Å². The SMILES string of the molecule is C=C(/C(Cl)=C\C=C\NCc1ccc(N2CCNCC2)nc1C)c1nccc2ccccc12. The number of piperazine rings is 1. The van der Waals surface area contributed by atoms with Crippen molar-refractivity contribution < 1.29 is 0 Å². The average Bonchev–Trinajstić information content (AvgIpc) is 2.84. The summed E-state index contributed by atoms with van der Waals surface area (Å²) in [6.45, 7) is 10.9. The maximum atomic E-state index is 6.50. The molecule has 1 aliphatic heterocycles. The van der Waals surface area contributed by atoms with E-state index in [1.165, 1.54) is 5.56 Å². The fourth-order valence-electron chi connectivity index (χ4n) is 3.78. The number of nitrogens with zero attached hydrogens (tertiary/aromatic N) is 3. The van der Waals surface area contributed by atoms with Gasteiger partial charge in [-0.1, -0.05) is 48.5 Å². The Kier molecular flexibility index (Phi) is 7.20. The number of allylic oxidation sites excluding steroid dienone is 4. The second-order valence-corrected chi connectivity index (χ2v) is 8.17. The number of nitrogens with one attached hydrogen (secondary N) is 2. The molecular weight excluding hydrogens is 418 g/mol. The number of fused-ring (bicyclic) bond motifs is 1. The predicted molar refractivity (Wildman–Crippen MR) is 135 cm³/mol. The van der Waals surface area contributed by atoms with E-state index < -0.39 is 0 Å². The highest BCUT2D eigenvalue weighted by Crippen LogP contribution is 2.28. The van der Waals surface area contributed by atoms with Crippen LogP contribution >= 0.6 is 11.6 Å². The Morgan fingerprint density at radius 3 is 2.81 bits per heavy atom. The van der Waals surface area contributed by atoms with Gasteiger partial charge in [-0.15, -0.1) is 0 Å². The maximum Gasteiger partial charge on any atom is 0.128 e. The minimum atomic E-state index is 0.560. The molecule has 0 aliphatic carbocycles. The fourth-order valence-corrected chi connectivity index (χ4v) is 3.94. The number of hydrogen-bond acceptors (Lipinski definition) is 5. The van der Waals surface area contributed by atoms with Crippen LogP contribution in [0, 0.1) is 6.92 Å². The smallest absolute Gasteiger partial charge is 0.128 e. The minimum Gasteiger partial charge on any atom is -0.387 e. The lowest BCUT2D eigenvalue weighted by molar-refractivity contribution is 0.584. The number of pyridine rings is 2. The average molecular weight is 446 g/mol. The van der Waals surface area contributed by atoms with Crippen molar-refractivity contribution in [1.82, 2.24) is 20.6 Å². The third-order valence-corrected chi connectivity index (χ3v) is 5.97. The van der Waals surface area contributed by atoms with Gasteiger partial charge in [-0.25, -0.2) is 4.98 Å². The summed E-state index contributed by atoms with van der Waals surface area (Å²) in [5.41, 5.74) is 3.73. The summed E-state index contributed by atoms with van der Waals surface area (Å²) >= 11 is 6.50. The predicted octanol–water partition coefficient (Wildman–Crippen LogP) is 4.79. The van der Waals surface area contributed by atoms with Gasteiger partial charge in [0.25, 0.3) is 0 Å². The normalized spacial score (nSPS) is 14.8. The summed E-state index contributed by atoms with van der Waals surface area (Å²) in [7, 11) is 0. The van der Waals surface area contributed by atoms with Crippen molar-refractivity contribution in [2.45, 2.75) is 13.5 Å². The van der Waals surface area contributed by atoms with Crippen molar-refractivity contribution >= 4 is 33.8 Å². The zero-order chi connectivity index (χ0) is 22.3. The molecule has 0 radical (unpaired) electrons. The first kappa shape index (κ1) is 22.1. The second kappa shape index (κ2) is 10.4. The number of aromatic nitrogens is 2. The van der Waals surface area contributed by atoms with Crippen molar-refractivity contribution in [1.29, 1.82) is 0 Å². The molecule has 0 amide bonds. The van der Waals surface area contributed by atoms with Crippen LogP contribution in [0.5, 0.6) is 0 Å². The van der Waals surface area contributed by atoms with Crippen LogP contribution in [0.1, 0.15) is 17.0 Å². The highest BCUT2D eigenvalue weighted by Gasteiger charge is 2.12. The molecule has 0 bridgehead atoms. The zero-order valence-corrected chi connectivity index (χ0v) is 19.1. The van der Waals surface area contributed by atoms with Crippen molar-refractivity contribution in [3.8, 4) is 0 Å². The number of aryl methyl sites for hydroxylation is 1. The Bertz CT molecular complexity index is 1160. The van der Waals surface area contributed by atoms with Crippen LogP contribution in [0.15, 0.2) is 78.6 Å². The van der Waals surface area contributed by atoms with Crippen LogP contribution in [0.25, 0.3) is 16.3 Å². The van der Waals surface area contributed by atoms with E-state index in [1.807, 2.05) is 42.6 Å². The molecule has 1 saturated heterocycles. The molecule has 0 atom stereocenters. The summed E-state index contributed by atoms with van der Waals surface area (Å²) in [4.78, 5) is 11.6. The van der Waals surface area contributed by atoms with E-state index in [0.717, 1.165) is 54.2 Å². The second-order valence-electron chi connectivity index (χ2n) is 7.76. The topological polar surface area (TPSA) is 53.1 Å². The van der Waals surface area contributed by atoms with Crippen LogP contribution in [0.3, 0.4) is 0 Å². The Morgan fingerprint density at radius 1 is 1.19 bits per heavy atom. The van der Waals surface area contributed by atoms with Crippen LogP contribution in [-0.2, 0) is 6.54 Å². The lowest BCUT2D eigenvalue weighted by Gasteiger charge is -2.28. The van der Waals surface area contributed by atoms with Gasteiger partial charge in [-0.3, -0.25) is 4.98 Å². The van der Waals surface area contributed by atoms with E-state index in [9.17, 15) is 0 Å². The molecule has 0 unspecified atom stereocenters. The highest BCUT2D eigenvalue weighted by molar-refractivity contribution is 6.37. The number of halogens is 1. The summed E-state index contributed by atoms with van der Waals surface area (Å²) in [6.07, 6.45) is 7.39. The summed E-state index contributed by atoms with van der Waals surface area (Å²) < 4.78 is 0. The maximum absolute atomic E-state index is 6.50. The van der Waals surface area contributed by atoms with Crippen molar-refractivity contribution in [2.24, 2.45) is 0 Å². The van der Waals surface area contributed by atoms with Gasteiger partial charge in [0.05, 0.1) is 5.69 Å². The minimum absolute atomic E-state index is 0.560. The molecule has 164 valence electrons. The van der Waals surface area contributed by atoms with Gasteiger partial charge >= 0.3 is 0 Å². The number of rotatable bonds is 7. The largest absolute Gasteiger partial charge is 0.387 e. The summed E-state index contributed by atoms with van der Waals surface area (Å²) in [5.74, 6) is 1.05. The molecule has 4 rings (SSSR count). The molecule has 1 fully saturated rings. The van der Waals surface area contributed by atoms with E-state index in [4.69, 9.17) is 16.6 Å². The van der Waals surface area contributed by atoms with Crippen molar-refractivity contribution in [3.63, 3.8) is 0 Å². The first-order chi connectivity index (χ1) is 15.6. The summed E-state index contributed by atoms with van der Waals surface area (Å²) in [6, 6.07) is 14.3. The molecule has 2 aromatic heterocycles. The fraction of sp³-hybridized carbons (Fsp3) is 0.231. The van der Waals surface area contributed by atoms with Crippen molar-refractivity contribution in [3.05, 3.63) is 95.6 Å². The quantitative estimate of drug-likeness (QED) is 0.512. The van der Waals surface area contributed by atoms with E-state index in [0.29, 0.717) is 17.2 Å². The van der Waals surface area contributed by atoms with E-state index in [2.05, 4.69) is 52.2 Å². The van der Waals surface area contributed by atoms with E-state index in [-0.39, 0.29) is 0 Å². The van der Waals surface area contributed by atoms with Gasteiger partial charge in [0, 0.05) is 60.6 Å². The molecule has 0 spiro atoms. The Balaban J connectivity index is 1.35. The van der Waals surface area contributed by atoms with Crippen LogP contribution in [0.4, 0.5) is 5.82 Å². The molecule has 6 heteroatoms. The molecule has 2 N–H and O–H groups in total. The van der Waals surface area contributed by atoms with E-state index >= 15 is 0 Å². The Labute approximate surface area is 194 Å². The molecular formula is C26H28ClN5. The van der Waals surface area contributed by atoms with Gasteiger partial charge in [0.2, 0.25) is 0 Å². The monoisotopic (exact) mass is 445 g/mol. The highest BCUT2D eigenvalue weighted by atomic mass is 35.5. The van der Waals surface area contributed by atoms with Gasteiger partial charge in [0.1, 0.15) is 5.82 Å². The molecule has 1 aromatic carbocycles. The number of hydrogen-bond donors (Lipinski definition) is 2.